The SMILES string of the molecule is CNc1nc(NCC(C)N2CCCC2)c2cc(C)sc2n1. The topological polar surface area (TPSA) is 53.1 Å². The van der Waals surface area contributed by atoms with Crippen LogP contribution in [0.25, 0.3) is 10.2 Å². The van der Waals surface area contributed by atoms with E-state index in [0.717, 1.165) is 22.6 Å². The molecule has 0 aromatic carbocycles. The Morgan fingerprint density at radius 1 is 1.33 bits per heavy atom. The molecule has 0 saturated carbocycles. The molecule has 114 valence electrons. The Bertz CT molecular complexity index is 618. The zero-order valence-electron chi connectivity index (χ0n) is 12.9. The minimum absolute atomic E-state index is 0.537. The van der Waals surface area contributed by atoms with Crippen LogP contribution in [0, 0.1) is 6.92 Å². The predicted molar refractivity (Wildman–Crippen MR) is 90.5 cm³/mol. The van der Waals surface area contributed by atoms with Gasteiger partial charge in [0.1, 0.15) is 10.6 Å². The van der Waals surface area contributed by atoms with Crippen LogP contribution in [0.1, 0.15) is 24.6 Å². The molecular weight excluding hydrogens is 282 g/mol. The second-order valence-corrected chi connectivity index (χ2v) is 6.93. The van der Waals surface area contributed by atoms with Crippen molar-refractivity contribution in [3.8, 4) is 0 Å². The molecule has 1 aliphatic heterocycles. The summed E-state index contributed by atoms with van der Waals surface area (Å²) >= 11 is 1.71. The number of nitrogens with zero attached hydrogens (tertiary/aromatic N) is 3. The van der Waals surface area contributed by atoms with E-state index >= 15 is 0 Å². The molecule has 21 heavy (non-hydrogen) atoms. The highest BCUT2D eigenvalue weighted by Crippen LogP contribution is 2.29. The zero-order valence-corrected chi connectivity index (χ0v) is 13.8. The molecule has 5 nitrogen and oxygen atoms in total. The predicted octanol–water partition coefficient (Wildman–Crippen LogP) is 2.94. The van der Waals surface area contributed by atoms with Crippen molar-refractivity contribution < 1.29 is 0 Å². The Kier molecular flexibility index (Phi) is 4.26. The number of nitrogens with one attached hydrogen (secondary N) is 2. The molecule has 1 fully saturated rings. The van der Waals surface area contributed by atoms with Crippen molar-refractivity contribution in [2.24, 2.45) is 0 Å². The fraction of sp³-hybridized carbons (Fsp3) is 0.600. The van der Waals surface area contributed by atoms with Crippen molar-refractivity contribution in [2.75, 3.05) is 37.3 Å². The van der Waals surface area contributed by atoms with E-state index in [1.165, 1.54) is 30.8 Å². The van der Waals surface area contributed by atoms with Gasteiger partial charge in [-0.05, 0) is 45.8 Å². The Labute approximate surface area is 129 Å². The maximum absolute atomic E-state index is 4.59. The fourth-order valence-electron chi connectivity index (χ4n) is 2.84. The molecule has 2 N–H and O–H groups in total. The Morgan fingerprint density at radius 2 is 2.10 bits per heavy atom. The van der Waals surface area contributed by atoms with Gasteiger partial charge in [-0.1, -0.05) is 0 Å². The van der Waals surface area contributed by atoms with Gasteiger partial charge in [0, 0.05) is 24.5 Å². The van der Waals surface area contributed by atoms with Crippen molar-refractivity contribution >= 4 is 33.3 Å². The summed E-state index contributed by atoms with van der Waals surface area (Å²) in [4.78, 5) is 14.0. The number of aromatic nitrogens is 2. The van der Waals surface area contributed by atoms with E-state index in [9.17, 15) is 0 Å². The molecule has 0 spiro atoms. The van der Waals surface area contributed by atoms with Crippen molar-refractivity contribution in [2.45, 2.75) is 32.7 Å². The van der Waals surface area contributed by atoms with Gasteiger partial charge in [0.2, 0.25) is 5.95 Å². The molecule has 0 aliphatic carbocycles. The average molecular weight is 305 g/mol. The average Bonchev–Trinajstić information content (AvgIpc) is 3.12. The maximum atomic E-state index is 4.59. The molecule has 6 heteroatoms. The first-order chi connectivity index (χ1) is 10.2. The molecule has 0 amide bonds. The van der Waals surface area contributed by atoms with Gasteiger partial charge < -0.3 is 10.6 Å². The summed E-state index contributed by atoms with van der Waals surface area (Å²) in [6.07, 6.45) is 2.66. The summed E-state index contributed by atoms with van der Waals surface area (Å²) in [6, 6.07) is 2.71. The summed E-state index contributed by atoms with van der Waals surface area (Å²) in [7, 11) is 1.86. The largest absolute Gasteiger partial charge is 0.368 e. The van der Waals surface area contributed by atoms with Crippen LogP contribution in [0.15, 0.2) is 6.07 Å². The minimum atomic E-state index is 0.537. The Morgan fingerprint density at radius 3 is 2.81 bits per heavy atom. The van der Waals surface area contributed by atoms with E-state index in [1.54, 1.807) is 11.3 Å². The number of aryl methyl sites for hydroxylation is 1. The van der Waals surface area contributed by atoms with E-state index in [1.807, 2.05) is 7.05 Å². The molecule has 1 saturated heterocycles. The van der Waals surface area contributed by atoms with Gasteiger partial charge >= 0.3 is 0 Å². The van der Waals surface area contributed by atoms with Gasteiger partial charge in [0.05, 0.1) is 5.39 Å². The van der Waals surface area contributed by atoms with E-state index in [4.69, 9.17) is 0 Å². The highest BCUT2D eigenvalue weighted by Gasteiger charge is 2.18. The van der Waals surface area contributed by atoms with E-state index < -0.39 is 0 Å². The van der Waals surface area contributed by atoms with Crippen molar-refractivity contribution in [3.05, 3.63) is 10.9 Å². The second-order valence-electron chi connectivity index (χ2n) is 5.69. The Balaban J connectivity index is 1.78. The minimum Gasteiger partial charge on any atom is -0.368 e. The van der Waals surface area contributed by atoms with Crippen LogP contribution in [0.2, 0.25) is 0 Å². The molecule has 0 bridgehead atoms. The van der Waals surface area contributed by atoms with Gasteiger partial charge in [-0.15, -0.1) is 11.3 Å². The first-order valence-electron chi connectivity index (χ1n) is 7.61. The molecule has 1 aliphatic rings. The van der Waals surface area contributed by atoms with Gasteiger partial charge in [-0.2, -0.15) is 4.98 Å². The number of likely N-dealkylation sites (tertiary alicyclic amines) is 1. The fourth-order valence-corrected chi connectivity index (χ4v) is 3.72. The van der Waals surface area contributed by atoms with Gasteiger partial charge in [0.25, 0.3) is 0 Å². The highest BCUT2D eigenvalue weighted by atomic mass is 32.1. The van der Waals surface area contributed by atoms with Crippen LogP contribution in [0.3, 0.4) is 0 Å². The summed E-state index contributed by atoms with van der Waals surface area (Å²) in [6.45, 7) is 7.77. The number of thiophene rings is 1. The first kappa shape index (κ1) is 14.5. The lowest BCUT2D eigenvalue weighted by atomic mass is 10.3. The standard InChI is InChI=1S/C15H23N5S/c1-10(20-6-4-5-7-20)9-17-13-12-8-11(2)21-14(12)19-15(16-3)18-13/h8,10H,4-7,9H2,1-3H3,(H2,16,17,18,19). The van der Waals surface area contributed by atoms with E-state index in [2.05, 4.69) is 45.4 Å². The third-order valence-electron chi connectivity index (χ3n) is 4.07. The van der Waals surface area contributed by atoms with Crippen LogP contribution in [-0.4, -0.2) is 47.6 Å². The van der Waals surface area contributed by atoms with E-state index in [0.29, 0.717) is 12.0 Å². The maximum Gasteiger partial charge on any atom is 0.225 e. The number of rotatable bonds is 5. The number of fused-ring (bicyclic) bond motifs is 1. The van der Waals surface area contributed by atoms with Crippen LogP contribution < -0.4 is 10.6 Å². The lowest BCUT2D eigenvalue weighted by molar-refractivity contribution is 0.269. The lowest BCUT2D eigenvalue weighted by Crippen LogP contribution is -2.35. The van der Waals surface area contributed by atoms with Crippen LogP contribution in [0.5, 0.6) is 0 Å². The summed E-state index contributed by atoms with van der Waals surface area (Å²) in [5.41, 5.74) is 0. The molecule has 2 aromatic rings. The molecular formula is C15H23N5S. The highest BCUT2D eigenvalue weighted by molar-refractivity contribution is 7.18. The van der Waals surface area contributed by atoms with Gasteiger partial charge in [-0.3, -0.25) is 4.90 Å². The summed E-state index contributed by atoms with van der Waals surface area (Å²) < 4.78 is 0. The van der Waals surface area contributed by atoms with Crippen LogP contribution in [0.4, 0.5) is 11.8 Å². The third kappa shape index (κ3) is 3.11. The first-order valence-corrected chi connectivity index (χ1v) is 8.43. The van der Waals surface area contributed by atoms with E-state index in [-0.39, 0.29) is 0 Å². The molecule has 0 radical (unpaired) electrons. The smallest absolute Gasteiger partial charge is 0.225 e. The van der Waals surface area contributed by atoms with Crippen molar-refractivity contribution in [1.29, 1.82) is 0 Å². The summed E-state index contributed by atoms with van der Waals surface area (Å²) in [5, 5.41) is 7.70. The molecule has 1 atom stereocenters. The van der Waals surface area contributed by atoms with Crippen LogP contribution >= 0.6 is 11.3 Å². The van der Waals surface area contributed by atoms with Crippen molar-refractivity contribution in [3.63, 3.8) is 0 Å². The van der Waals surface area contributed by atoms with Crippen LogP contribution in [-0.2, 0) is 0 Å². The molecule has 3 heterocycles. The molecule has 1 unspecified atom stereocenters. The van der Waals surface area contributed by atoms with Gasteiger partial charge in [0.15, 0.2) is 0 Å². The molecule has 2 aromatic heterocycles. The quantitative estimate of drug-likeness (QED) is 0.889. The van der Waals surface area contributed by atoms with Gasteiger partial charge in [-0.25, -0.2) is 4.98 Å². The monoisotopic (exact) mass is 305 g/mol. The number of anilines is 2. The normalized spacial score (nSPS) is 17.3. The summed E-state index contributed by atoms with van der Waals surface area (Å²) in [5.74, 6) is 1.63. The third-order valence-corrected chi connectivity index (χ3v) is 5.01. The Hall–Kier alpha value is -1.40. The lowest BCUT2D eigenvalue weighted by Gasteiger charge is -2.24. The number of hydrogen-bond acceptors (Lipinski definition) is 6. The second kappa shape index (κ2) is 6.15. The molecule has 3 rings (SSSR count). The zero-order chi connectivity index (χ0) is 14.8. The number of hydrogen-bond donors (Lipinski definition) is 2. The van der Waals surface area contributed by atoms with Crippen molar-refractivity contribution in [1.82, 2.24) is 14.9 Å².